The second-order valence-corrected chi connectivity index (χ2v) is 9.66. The highest BCUT2D eigenvalue weighted by atomic mass is 32.2. The average molecular weight is 508 g/mol. The Balaban J connectivity index is 1.15. The van der Waals surface area contributed by atoms with E-state index in [2.05, 4.69) is 10.6 Å². The first kappa shape index (κ1) is 24.1. The summed E-state index contributed by atoms with van der Waals surface area (Å²) >= 11 is 1.48. The summed E-state index contributed by atoms with van der Waals surface area (Å²) in [7, 11) is 1.59. The normalized spacial score (nSPS) is 16.9. The van der Waals surface area contributed by atoms with Crippen LogP contribution in [0.2, 0.25) is 0 Å². The lowest BCUT2D eigenvalue weighted by molar-refractivity contribution is -0.113. The summed E-state index contributed by atoms with van der Waals surface area (Å²) in [4.78, 5) is 26.7. The van der Waals surface area contributed by atoms with E-state index in [1.165, 1.54) is 17.8 Å². The molecule has 0 radical (unpaired) electrons. The Morgan fingerprint density at radius 2 is 2.06 bits per heavy atom. The van der Waals surface area contributed by atoms with Crippen molar-refractivity contribution in [2.75, 3.05) is 36.2 Å². The van der Waals surface area contributed by atoms with Crippen molar-refractivity contribution in [2.24, 2.45) is 0 Å². The van der Waals surface area contributed by atoms with Gasteiger partial charge in [0, 0.05) is 22.7 Å². The summed E-state index contributed by atoms with van der Waals surface area (Å²) in [5, 5.41) is 6.21. The first-order chi connectivity index (χ1) is 17.5. The highest BCUT2D eigenvalue weighted by molar-refractivity contribution is 8.00. The third-order valence-corrected chi connectivity index (χ3v) is 7.24. The van der Waals surface area contributed by atoms with Gasteiger partial charge in [-0.1, -0.05) is 18.2 Å². The van der Waals surface area contributed by atoms with E-state index in [4.69, 9.17) is 9.47 Å². The fourth-order valence-corrected chi connectivity index (χ4v) is 5.10. The van der Waals surface area contributed by atoms with Crippen molar-refractivity contribution >= 4 is 35.1 Å². The van der Waals surface area contributed by atoms with Gasteiger partial charge < -0.3 is 20.1 Å². The van der Waals surface area contributed by atoms with E-state index >= 15 is 0 Å². The van der Waals surface area contributed by atoms with E-state index in [-0.39, 0.29) is 17.8 Å². The molecule has 0 bridgehead atoms. The van der Waals surface area contributed by atoms with Crippen LogP contribution in [0.4, 0.5) is 20.6 Å². The number of benzene rings is 3. The summed E-state index contributed by atoms with van der Waals surface area (Å²) in [6, 6.07) is 18.0. The summed E-state index contributed by atoms with van der Waals surface area (Å²) in [5.74, 6) is 0.738. The number of hydrogen-bond acceptors (Lipinski definition) is 6. The highest BCUT2D eigenvalue weighted by Gasteiger charge is 2.32. The molecular formula is C27H26FN3O4S. The average Bonchev–Trinajstić information content (AvgIpc) is 3.27. The molecule has 36 heavy (non-hydrogen) atoms. The number of cyclic esters (lactones) is 1. The van der Waals surface area contributed by atoms with Crippen molar-refractivity contribution in [1.29, 1.82) is 0 Å². The number of methoxy groups -OCH3 is 1. The van der Waals surface area contributed by atoms with Gasteiger partial charge in [0.15, 0.2) is 0 Å². The molecule has 186 valence electrons. The van der Waals surface area contributed by atoms with Crippen molar-refractivity contribution < 1.29 is 23.5 Å². The molecule has 0 aliphatic carbocycles. The van der Waals surface area contributed by atoms with E-state index < -0.39 is 6.09 Å². The maximum atomic E-state index is 14.5. The lowest BCUT2D eigenvalue weighted by Crippen LogP contribution is -2.26. The van der Waals surface area contributed by atoms with E-state index in [0.717, 1.165) is 21.7 Å². The number of ether oxygens (including phenoxy) is 2. The van der Waals surface area contributed by atoms with Crippen molar-refractivity contribution in [3.05, 3.63) is 72.0 Å². The molecule has 1 fully saturated rings. The Morgan fingerprint density at radius 1 is 1.17 bits per heavy atom. The maximum absolute atomic E-state index is 14.5. The van der Waals surface area contributed by atoms with Crippen LogP contribution in [-0.4, -0.2) is 44.1 Å². The zero-order valence-corrected chi connectivity index (χ0v) is 20.6. The smallest absolute Gasteiger partial charge is 0.414 e. The lowest BCUT2D eigenvalue weighted by Gasteiger charge is -2.20. The van der Waals surface area contributed by atoms with E-state index in [1.54, 1.807) is 18.1 Å². The van der Waals surface area contributed by atoms with Crippen LogP contribution < -0.4 is 20.3 Å². The number of halogens is 1. The van der Waals surface area contributed by atoms with Crippen LogP contribution in [-0.2, 0) is 16.1 Å². The van der Waals surface area contributed by atoms with Crippen LogP contribution in [0.15, 0.2) is 65.6 Å². The number of nitrogens with zero attached hydrogens (tertiary/aromatic N) is 1. The van der Waals surface area contributed by atoms with Crippen LogP contribution in [0.1, 0.15) is 12.0 Å². The largest absolute Gasteiger partial charge is 0.497 e. The number of carbonyl (C=O) groups excluding carboxylic acids is 2. The maximum Gasteiger partial charge on any atom is 0.414 e. The first-order valence-electron chi connectivity index (χ1n) is 11.7. The quantitative estimate of drug-likeness (QED) is 0.416. The molecule has 3 aromatic rings. The molecule has 1 atom stereocenters. The Kier molecular flexibility index (Phi) is 7.11. The summed E-state index contributed by atoms with van der Waals surface area (Å²) in [6.07, 6.45) is 0.00531. The van der Waals surface area contributed by atoms with Crippen molar-refractivity contribution in [3.8, 4) is 16.9 Å². The molecule has 0 aromatic heterocycles. The van der Waals surface area contributed by atoms with Gasteiger partial charge >= 0.3 is 6.09 Å². The first-order valence-corrected chi connectivity index (χ1v) is 12.7. The molecule has 5 rings (SSSR count). The summed E-state index contributed by atoms with van der Waals surface area (Å²) in [6.45, 7) is 1.63. The minimum Gasteiger partial charge on any atom is -0.497 e. The summed E-state index contributed by atoms with van der Waals surface area (Å²) in [5.41, 5.74) is 3.65. The minimum absolute atomic E-state index is 0.0469. The SMILES string of the molecule is COc1cccc(-c2cc(CNCCC3CN(c4ccc5c(c4)NC(=O)CS5)C(=O)O3)ccc2F)c1. The zero-order chi connectivity index (χ0) is 25.1. The molecule has 2 aliphatic heterocycles. The Labute approximate surface area is 213 Å². The predicted octanol–water partition coefficient (Wildman–Crippen LogP) is 5.05. The number of carbonyl (C=O) groups is 2. The van der Waals surface area contributed by atoms with E-state index in [9.17, 15) is 14.0 Å². The van der Waals surface area contributed by atoms with Gasteiger partial charge in [-0.2, -0.15) is 0 Å². The Bertz CT molecular complexity index is 1300. The number of thioether (sulfide) groups is 1. The second-order valence-electron chi connectivity index (χ2n) is 8.65. The molecule has 7 nitrogen and oxygen atoms in total. The highest BCUT2D eigenvalue weighted by Crippen LogP contribution is 2.35. The number of amides is 2. The van der Waals surface area contributed by atoms with Gasteiger partial charge in [0.25, 0.3) is 0 Å². The molecule has 2 aliphatic rings. The van der Waals surface area contributed by atoms with Crippen LogP contribution in [0.25, 0.3) is 11.1 Å². The van der Waals surface area contributed by atoms with Crippen molar-refractivity contribution in [2.45, 2.75) is 24.0 Å². The van der Waals surface area contributed by atoms with Gasteiger partial charge in [-0.15, -0.1) is 11.8 Å². The lowest BCUT2D eigenvalue weighted by atomic mass is 10.0. The van der Waals surface area contributed by atoms with Crippen LogP contribution in [0.3, 0.4) is 0 Å². The molecule has 1 saturated heterocycles. The topological polar surface area (TPSA) is 79.9 Å². The van der Waals surface area contributed by atoms with Gasteiger partial charge in [-0.3, -0.25) is 9.69 Å². The zero-order valence-electron chi connectivity index (χ0n) is 19.8. The molecule has 2 N–H and O–H groups in total. The molecule has 1 unspecified atom stereocenters. The number of nitrogens with one attached hydrogen (secondary N) is 2. The molecule has 9 heteroatoms. The van der Waals surface area contributed by atoms with Gasteiger partial charge in [-0.25, -0.2) is 9.18 Å². The third-order valence-electron chi connectivity index (χ3n) is 6.17. The number of anilines is 2. The van der Waals surface area contributed by atoms with E-state index in [1.807, 2.05) is 48.5 Å². The second kappa shape index (κ2) is 10.6. The third kappa shape index (κ3) is 5.32. The van der Waals surface area contributed by atoms with Gasteiger partial charge in [0.2, 0.25) is 5.91 Å². The van der Waals surface area contributed by atoms with Crippen molar-refractivity contribution in [1.82, 2.24) is 5.32 Å². The van der Waals surface area contributed by atoms with Crippen molar-refractivity contribution in [3.63, 3.8) is 0 Å². The Hall–Kier alpha value is -3.56. The van der Waals surface area contributed by atoms with Gasteiger partial charge in [0.05, 0.1) is 25.1 Å². The number of fused-ring (bicyclic) bond motifs is 1. The van der Waals surface area contributed by atoms with Crippen LogP contribution in [0, 0.1) is 5.82 Å². The molecule has 3 aromatic carbocycles. The van der Waals surface area contributed by atoms with Gasteiger partial charge in [-0.05, 0) is 66.6 Å². The monoisotopic (exact) mass is 507 g/mol. The molecule has 2 amide bonds. The number of rotatable bonds is 8. The van der Waals surface area contributed by atoms with Crippen LogP contribution >= 0.6 is 11.8 Å². The molecule has 0 saturated carbocycles. The molecular weight excluding hydrogens is 481 g/mol. The Morgan fingerprint density at radius 3 is 2.92 bits per heavy atom. The summed E-state index contributed by atoms with van der Waals surface area (Å²) < 4.78 is 25.3. The minimum atomic E-state index is -0.392. The van der Waals surface area contributed by atoms with E-state index in [0.29, 0.717) is 48.8 Å². The van der Waals surface area contributed by atoms with Gasteiger partial charge in [0.1, 0.15) is 17.7 Å². The molecule has 2 heterocycles. The fourth-order valence-electron chi connectivity index (χ4n) is 4.31. The molecule has 0 spiro atoms. The predicted molar refractivity (Wildman–Crippen MR) is 138 cm³/mol. The van der Waals surface area contributed by atoms with Crippen LogP contribution in [0.5, 0.6) is 5.75 Å². The standard InChI is InChI=1S/C27H26FN3O4S/c1-34-20-4-2-3-18(12-20)22-11-17(5-7-23(22)28)14-29-10-9-21-15-31(27(33)35-21)19-6-8-25-24(13-19)30-26(32)16-36-25/h2-8,11-13,21,29H,9-10,14-16H2,1H3,(H,30,32). The fraction of sp³-hybridized carbons (Fsp3) is 0.259. The number of hydrogen-bond donors (Lipinski definition) is 2.